The van der Waals surface area contributed by atoms with E-state index in [1.54, 1.807) is 166 Å². The van der Waals surface area contributed by atoms with Gasteiger partial charge in [0.1, 0.15) is 0 Å². The van der Waals surface area contributed by atoms with Crippen LogP contribution in [0.3, 0.4) is 0 Å². The molecule has 0 aromatic heterocycles. The molecule has 0 aliphatic rings. The van der Waals surface area contributed by atoms with E-state index in [9.17, 15) is 0 Å². The maximum absolute atomic E-state index is 8.06. The second kappa shape index (κ2) is 93.9. The Morgan fingerprint density at radius 3 is 0.176 bits per heavy atom. The molecular weight excluding hydrogens is 1070 g/mol. The van der Waals surface area contributed by atoms with Gasteiger partial charge in [-0.25, -0.2) is 0 Å². The molecular formula is C36H98O12SrTa2. The zero-order valence-corrected chi connectivity index (χ0v) is 47.8. The molecule has 15 heteroatoms. The Kier molecular flexibility index (Phi) is 183. The van der Waals surface area contributed by atoms with Crippen molar-refractivity contribution in [2.75, 3.05) is 0 Å². The summed E-state index contributed by atoms with van der Waals surface area (Å²) in [7, 11) is 0. The van der Waals surface area contributed by atoms with Gasteiger partial charge in [0.2, 0.25) is 0 Å². The summed E-state index contributed by atoms with van der Waals surface area (Å²) < 4.78 is 0. The van der Waals surface area contributed by atoms with Crippen LogP contribution in [0.5, 0.6) is 0 Å². The van der Waals surface area contributed by atoms with Gasteiger partial charge in [0.15, 0.2) is 0 Å². The van der Waals surface area contributed by atoms with Crippen LogP contribution < -0.4 is 0 Å². The van der Waals surface area contributed by atoms with E-state index in [1.165, 1.54) is 0 Å². The van der Waals surface area contributed by atoms with Crippen LogP contribution in [0.4, 0.5) is 0 Å². The third-order valence-electron chi connectivity index (χ3n) is 0. The Balaban J connectivity index is -0.0000000176. The fourth-order valence-corrected chi connectivity index (χ4v) is 0. The minimum Gasteiger partial charge on any atom is -1.00 e. The Morgan fingerprint density at radius 2 is 0.176 bits per heavy atom. The van der Waals surface area contributed by atoms with Crippen molar-refractivity contribution >= 4 is 45.5 Å². The van der Waals surface area contributed by atoms with Crippen molar-refractivity contribution in [2.45, 2.75) is 239 Å². The summed E-state index contributed by atoms with van der Waals surface area (Å²) in [6.07, 6.45) is -2.00. The van der Waals surface area contributed by atoms with E-state index in [0.29, 0.717) is 0 Å². The van der Waals surface area contributed by atoms with Gasteiger partial charge in [-0.2, -0.15) is 0 Å². The van der Waals surface area contributed by atoms with Crippen LogP contribution in [0.25, 0.3) is 0 Å². The fraction of sp³-hybridized carbons (Fsp3) is 1.00. The molecule has 12 N–H and O–H groups in total. The molecule has 326 valence electrons. The van der Waals surface area contributed by atoms with E-state index in [-0.39, 0.29) is 166 Å². The minimum atomic E-state index is -0.167. The van der Waals surface area contributed by atoms with E-state index < -0.39 is 0 Å². The molecule has 51 heavy (non-hydrogen) atoms. The molecule has 0 unspecified atom stereocenters. The third kappa shape index (κ3) is 21700. The van der Waals surface area contributed by atoms with E-state index in [1.807, 2.05) is 0 Å². The smallest absolute Gasteiger partial charge is 1.00 e. The zero-order valence-electron chi connectivity index (χ0n) is 39.9. The molecule has 0 amide bonds. The first-order valence-electron chi connectivity index (χ1n) is 17.0. The minimum absolute atomic E-state index is 0. The van der Waals surface area contributed by atoms with Crippen LogP contribution in [-0.4, -0.2) is 180 Å². The molecule has 2 radical (unpaired) electrons. The van der Waals surface area contributed by atoms with Crippen molar-refractivity contribution in [2.24, 2.45) is 0 Å². The number of aliphatic hydroxyl groups is 12. The predicted molar refractivity (Wildman–Crippen MR) is 216 cm³/mol. The van der Waals surface area contributed by atoms with Crippen LogP contribution in [0.2, 0.25) is 0 Å². The van der Waals surface area contributed by atoms with Crippen LogP contribution in [0.1, 0.15) is 169 Å². The molecule has 0 heterocycles. The zero-order chi connectivity index (χ0) is 42.9. The average molecular weight is 1170 g/mol. The molecule has 0 rings (SSSR count). The second-order valence-corrected chi connectivity index (χ2v) is 13.1. The third-order valence-corrected chi connectivity index (χ3v) is 0. The first kappa shape index (κ1) is 99.5. The molecule has 0 atom stereocenters. The normalized spacial score (nSPS) is 8.47. The van der Waals surface area contributed by atoms with Crippen molar-refractivity contribution in [1.29, 1.82) is 0 Å². The van der Waals surface area contributed by atoms with E-state index in [0.717, 1.165) is 0 Å². The monoisotopic (exact) mass is 1170 g/mol. The van der Waals surface area contributed by atoms with Crippen molar-refractivity contribution < 1.29 is 109 Å². The van der Waals surface area contributed by atoms with E-state index >= 15 is 0 Å². The topological polar surface area (TPSA) is 243 Å². The molecule has 0 fully saturated rings. The van der Waals surface area contributed by atoms with Crippen LogP contribution in [0, 0.1) is 0 Å². The number of hydrogen-bond donors (Lipinski definition) is 12. The first-order chi connectivity index (χ1) is 20.8. The van der Waals surface area contributed by atoms with Gasteiger partial charge in [0.25, 0.3) is 0 Å². The fourth-order valence-electron chi connectivity index (χ4n) is 0. The van der Waals surface area contributed by atoms with Gasteiger partial charge in [-0.3, -0.25) is 0 Å². The molecule has 0 aliphatic heterocycles. The summed E-state index contributed by atoms with van der Waals surface area (Å²) in [5, 5.41) is 96.7. The first-order valence-corrected chi connectivity index (χ1v) is 17.0. The predicted octanol–water partition coefficient (Wildman–Crippen LogP) is 4.48. The van der Waals surface area contributed by atoms with Crippen molar-refractivity contribution in [3.63, 3.8) is 0 Å². The number of aliphatic hydroxyl groups excluding tert-OH is 12. The molecule has 0 aromatic rings. The number of rotatable bonds is 0. The van der Waals surface area contributed by atoms with Gasteiger partial charge in [-0.15, -0.1) is 0 Å². The maximum Gasteiger partial charge on any atom is 2.00 e. The molecule has 12 nitrogen and oxygen atoms in total. The second-order valence-electron chi connectivity index (χ2n) is 13.1. The molecule has 0 bridgehead atoms. The summed E-state index contributed by atoms with van der Waals surface area (Å²) >= 11 is 0. The molecule has 0 aromatic carbocycles. The molecule has 0 spiro atoms. The largest absolute Gasteiger partial charge is 2.00 e. The maximum atomic E-state index is 8.06. The summed E-state index contributed by atoms with van der Waals surface area (Å²) in [4.78, 5) is 0. The van der Waals surface area contributed by atoms with Crippen molar-refractivity contribution in [3.8, 4) is 0 Å². The number of hydrogen-bond acceptors (Lipinski definition) is 12. The van der Waals surface area contributed by atoms with Crippen LogP contribution >= 0.6 is 0 Å². The summed E-state index contributed by atoms with van der Waals surface area (Å²) in [6.45, 7) is 41.3. The van der Waals surface area contributed by atoms with Gasteiger partial charge in [-0.1, -0.05) is 0 Å². The van der Waals surface area contributed by atoms with Crippen LogP contribution in [-0.2, 0) is 44.8 Å². The molecule has 0 saturated heterocycles. The Bertz CT molecular complexity index is 257. The molecule has 0 aliphatic carbocycles. The summed E-state index contributed by atoms with van der Waals surface area (Å²) in [5.41, 5.74) is 0. The van der Waals surface area contributed by atoms with E-state index in [2.05, 4.69) is 0 Å². The Morgan fingerprint density at radius 1 is 0.176 bits per heavy atom. The Hall–Kier alpha value is 2.48. The van der Waals surface area contributed by atoms with Gasteiger partial charge in [0.05, 0.1) is 0 Å². The van der Waals surface area contributed by atoms with Crippen LogP contribution in [0.15, 0.2) is 0 Å². The summed E-state index contributed by atoms with van der Waals surface area (Å²) in [5.74, 6) is 0. The quantitative estimate of drug-likeness (QED) is 0.150. The van der Waals surface area contributed by atoms with Gasteiger partial charge in [-0.05, 0) is 166 Å². The van der Waals surface area contributed by atoms with Crippen molar-refractivity contribution in [1.82, 2.24) is 0 Å². The van der Waals surface area contributed by atoms with E-state index in [4.69, 9.17) is 61.3 Å². The standard InChI is InChI=1S/12C3H8O.Sr.2Ta.2H/c12*1-3(2)4;;;;;/h12*3-4H,1-2H3;;;;;/q;;;;;;;;;;;;+2;;;2*-1. The van der Waals surface area contributed by atoms with Gasteiger partial charge in [0, 0.05) is 118 Å². The van der Waals surface area contributed by atoms with Gasteiger partial charge < -0.3 is 64.1 Å². The molecule has 0 saturated carbocycles. The SMILES string of the molecule is CC(C)O.CC(C)O.CC(C)O.CC(C)O.CC(C)O.CC(C)O.CC(C)O.CC(C)O.CC(C)O.CC(C)O.CC(C)O.CC(C)O.[H-].[H-].[Sr+2].[Ta].[Ta]. The average Bonchev–Trinajstić information content (AvgIpc) is 2.61. The van der Waals surface area contributed by atoms with Gasteiger partial charge >= 0.3 is 45.5 Å². The van der Waals surface area contributed by atoms with Crippen molar-refractivity contribution in [3.05, 3.63) is 0 Å². The Labute approximate surface area is 390 Å². The summed E-state index contributed by atoms with van der Waals surface area (Å²) in [6, 6.07) is 0.